The molecule has 0 aliphatic carbocycles. The number of hydrogen-bond acceptors (Lipinski definition) is 4. The number of aromatic hydroxyl groups is 1. The molecule has 6 aromatic rings. The van der Waals surface area contributed by atoms with Gasteiger partial charge in [0.05, 0.1) is 21.3 Å². The van der Waals surface area contributed by atoms with Crippen molar-refractivity contribution in [1.29, 1.82) is 0 Å². The molecule has 0 saturated carbocycles. The molecule has 2 nitrogen and oxygen atoms in total. The number of halogens is 2. The molecular weight excluding hydrogens is 537 g/mol. The third kappa shape index (κ3) is 4.22. The summed E-state index contributed by atoms with van der Waals surface area (Å²) in [5.41, 5.74) is 4.94. The zero-order valence-corrected chi connectivity index (χ0v) is 23.6. The largest absolute Gasteiger partial charge is 0.507 e. The first-order valence-corrected chi connectivity index (χ1v) is 14.4. The number of nitrogens with zero attached hydrogens (tertiary/aromatic N) is 1. The SMILES string of the molecule is CC(C)(C)c1cc(-c2nc(-c3c(Cl)cccc3Cl)cs2)c(O)c(-c2cccc3c2sc2ccccc23)c1. The van der Waals surface area contributed by atoms with Crippen molar-refractivity contribution in [2.24, 2.45) is 0 Å². The summed E-state index contributed by atoms with van der Waals surface area (Å²) in [6, 6.07) is 24.4. The van der Waals surface area contributed by atoms with Crippen molar-refractivity contribution in [3.8, 4) is 38.7 Å². The summed E-state index contributed by atoms with van der Waals surface area (Å²) in [5.74, 6) is 0.226. The molecule has 0 amide bonds. The van der Waals surface area contributed by atoms with Gasteiger partial charge in [0, 0.05) is 42.2 Å². The summed E-state index contributed by atoms with van der Waals surface area (Å²) in [7, 11) is 0. The summed E-state index contributed by atoms with van der Waals surface area (Å²) in [4.78, 5) is 4.88. The van der Waals surface area contributed by atoms with E-state index in [0.29, 0.717) is 26.9 Å². The van der Waals surface area contributed by atoms with Crippen LogP contribution in [0, 0.1) is 0 Å². The molecule has 0 fully saturated rings. The van der Waals surface area contributed by atoms with Gasteiger partial charge in [0.1, 0.15) is 10.8 Å². The van der Waals surface area contributed by atoms with E-state index in [4.69, 9.17) is 28.2 Å². The highest BCUT2D eigenvalue weighted by atomic mass is 35.5. The highest BCUT2D eigenvalue weighted by Crippen LogP contribution is 2.48. The van der Waals surface area contributed by atoms with Crippen molar-refractivity contribution in [1.82, 2.24) is 4.98 Å². The van der Waals surface area contributed by atoms with E-state index in [0.717, 1.165) is 21.7 Å². The Labute approximate surface area is 233 Å². The van der Waals surface area contributed by atoms with Gasteiger partial charge >= 0.3 is 0 Å². The molecule has 0 spiro atoms. The summed E-state index contributed by atoms with van der Waals surface area (Å²) in [6.45, 7) is 6.55. The molecule has 4 aromatic carbocycles. The molecule has 0 aliphatic rings. The van der Waals surface area contributed by atoms with Gasteiger partial charge in [-0.1, -0.05) is 86.4 Å². The number of fused-ring (bicyclic) bond motifs is 3. The number of thiophene rings is 1. The predicted octanol–water partition coefficient (Wildman–Crippen LogP) is 10.8. The lowest BCUT2D eigenvalue weighted by molar-refractivity contribution is 0.478. The molecule has 37 heavy (non-hydrogen) atoms. The topological polar surface area (TPSA) is 33.1 Å². The molecule has 2 aromatic heterocycles. The molecule has 0 radical (unpaired) electrons. The summed E-state index contributed by atoms with van der Waals surface area (Å²) < 4.78 is 2.40. The van der Waals surface area contributed by atoms with Gasteiger partial charge in [-0.15, -0.1) is 22.7 Å². The molecule has 6 rings (SSSR count). The Morgan fingerprint density at radius 1 is 0.784 bits per heavy atom. The van der Waals surface area contributed by atoms with Gasteiger partial charge in [-0.25, -0.2) is 4.98 Å². The number of benzene rings is 4. The smallest absolute Gasteiger partial charge is 0.133 e. The number of hydrogen-bond donors (Lipinski definition) is 1. The summed E-state index contributed by atoms with van der Waals surface area (Å²) in [5, 5.41) is 17.9. The van der Waals surface area contributed by atoms with Crippen LogP contribution in [0.5, 0.6) is 5.75 Å². The lowest BCUT2D eigenvalue weighted by Gasteiger charge is -2.22. The molecular formula is C31H23Cl2NOS2. The van der Waals surface area contributed by atoms with Crippen molar-refractivity contribution in [2.75, 3.05) is 0 Å². The van der Waals surface area contributed by atoms with Crippen LogP contribution in [0.4, 0.5) is 0 Å². The van der Waals surface area contributed by atoms with E-state index in [1.54, 1.807) is 11.3 Å². The fourth-order valence-corrected chi connectivity index (χ4v) is 7.30. The fraction of sp³-hybridized carbons (Fsp3) is 0.129. The van der Waals surface area contributed by atoms with Crippen LogP contribution in [-0.4, -0.2) is 10.1 Å². The van der Waals surface area contributed by atoms with Crippen molar-refractivity contribution in [3.05, 3.63) is 93.8 Å². The maximum Gasteiger partial charge on any atom is 0.133 e. The van der Waals surface area contributed by atoms with Gasteiger partial charge in [0.15, 0.2) is 0 Å². The van der Waals surface area contributed by atoms with Crippen LogP contribution in [0.25, 0.3) is 53.1 Å². The maximum atomic E-state index is 11.7. The van der Waals surface area contributed by atoms with Crippen molar-refractivity contribution in [3.63, 3.8) is 0 Å². The third-order valence-corrected chi connectivity index (χ3v) is 9.35. The highest BCUT2D eigenvalue weighted by Gasteiger charge is 2.24. The van der Waals surface area contributed by atoms with E-state index in [1.165, 1.54) is 31.5 Å². The van der Waals surface area contributed by atoms with Gasteiger partial charge < -0.3 is 5.11 Å². The van der Waals surface area contributed by atoms with Crippen LogP contribution >= 0.6 is 45.9 Å². The number of rotatable bonds is 3. The first-order chi connectivity index (χ1) is 17.7. The van der Waals surface area contributed by atoms with E-state index in [2.05, 4.69) is 75.4 Å². The zero-order chi connectivity index (χ0) is 25.9. The highest BCUT2D eigenvalue weighted by molar-refractivity contribution is 7.26. The minimum Gasteiger partial charge on any atom is -0.507 e. The van der Waals surface area contributed by atoms with Crippen molar-refractivity contribution >= 4 is 66.0 Å². The minimum absolute atomic E-state index is 0.128. The molecule has 0 bridgehead atoms. The lowest BCUT2D eigenvalue weighted by Crippen LogP contribution is -2.11. The normalized spacial score (nSPS) is 12.0. The summed E-state index contributed by atoms with van der Waals surface area (Å²) >= 11 is 16.2. The van der Waals surface area contributed by atoms with Crippen molar-refractivity contribution < 1.29 is 5.11 Å². The standard InChI is InChI=1S/C31H23Cl2NOS2/c1-31(2,3)17-14-21(20-10-6-9-19-18-8-4-5-13-26(18)37-29(19)20)28(35)22(15-17)30-34-25(16-36-30)27-23(32)11-7-12-24(27)33/h4-16,35H,1-3H3. The van der Waals surface area contributed by atoms with Crippen molar-refractivity contribution in [2.45, 2.75) is 26.2 Å². The first-order valence-electron chi connectivity index (χ1n) is 11.9. The quantitative estimate of drug-likeness (QED) is 0.234. The van der Waals surface area contributed by atoms with Gasteiger partial charge in [-0.3, -0.25) is 0 Å². The molecule has 1 N–H and O–H groups in total. The number of aromatic nitrogens is 1. The third-order valence-electron chi connectivity index (χ3n) is 6.62. The predicted molar refractivity (Wildman–Crippen MR) is 162 cm³/mol. The van der Waals surface area contributed by atoms with E-state index in [-0.39, 0.29) is 11.2 Å². The van der Waals surface area contributed by atoms with Gasteiger partial charge in [0.25, 0.3) is 0 Å². The van der Waals surface area contributed by atoms with E-state index >= 15 is 0 Å². The van der Waals surface area contributed by atoms with Crippen LogP contribution in [0.2, 0.25) is 10.0 Å². The number of thiazole rings is 1. The Morgan fingerprint density at radius 3 is 2.22 bits per heavy atom. The maximum absolute atomic E-state index is 11.7. The minimum atomic E-state index is -0.128. The molecule has 2 heterocycles. The Morgan fingerprint density at radius 2 is 1.46 bits per heavy atom. The Bertz CT molecular complexity index is 1790. The number of phenols is 1. The second kappa shape index (κ2) is 9.14. The molecule has 0 aliphatic heterocycles. The van der Waals surface area contributed by atoms with Gasteiger partial charge in [0.2, 0.25) is 0 Å². The fourth-order valence-electron chi connectivity index (χ4n) is 4.65. The van der Waals surface area contributed by atoms with Crippen LogP contribution < -0.4 is 0 Å². The Balaban J connectivity index is 1.59. The second-order valence-corrected chi connectivity index (χ2v) is 12.8. The average Bonchev–Trinajstić information content (AvgIpc) is 3.48. The lowest BCUT2D eigenvalue weighted by atomic mass is 9.83. The average molecular weight is 561 g/mol. The monoisotopic (exact) mass is 559 g/mol. The van der Waals surface area contributed by atoms with Crippen LogP contribution in [-0.2, 0) is 5.41 Å². The molecule has 184 valence electrons. The molecule has 0 atom stereocenters. The molecule has 6 heteroatoms. The van der Waals surface area contributed by atoms with E-state index in [9.17, 15) is 5.11 Å². The summed E-state index contributed by atoms with van der Waals surface area (Å²) in [6.07, 6.45) is 0. The first kappa shape index (κ1) is 24.4. The Kier molecular flexibility index (Phi) is 6.04. The molecule has 0 saturated heterocycles. The van der Waals surface area contributed by atoms with Crippen LogP contribution in [0.3, 0.4) is 0 Å². The van der Waals surface area contributed by atoms with E-state index in [1.807, 2.05) is 23.6 Å². The molecule has 0 unspecified atom stereocenters. The van der Waals surface area contributed by atoms with Crippen LogP contribution in [0.15, 0.2) is 78.2 Å². The van der Waals surface area contributed by atoms with Gasteiger partial charge in [-0.2, -0.15) is 0 Å². The Hall–Kier alpha value is -2.89. The van der Waals surface area contributed by atoms with E-state index < -0.39 is 0 Å². The van der Waals surface area contributed by atoms with Gasteiger partial charge in [-0.05, 0) is 41.3 Å². The second-order valence-electron chi connectivity index (χ2n) is 10.1. The van der Waals surface area contributed by atoms with Crippen LogP contribution in [0.1, 0.15) is 26.3 Å². The number of phenolic OH excluding ortho intramolecular Hbond substituents is 1. The zero-order valence-electron chi connectivity index (χ0n) is 20.5.